The zero-order chi connectivity index (χ0) is 11.2. The molecule has 0 aliphatic rings. The summed E-state index contributed by atoms with van der Waals surface area (Å²) < 4.78 is 39.2. The van der Waals surface area contributed by atoms with Gasteiger partial charge in [-0.1, -0.05) is 13.1 Å². The number of esters is 1. The van der Waals surface area contributed by atoms with Crippen molar-refractivity contribution < 1.29 is 22.7 Å². The van der Waals surface area contributed by atoms with Gasteiger partial charge in [0.25, 0.3) is 0 Å². The summed E-state index contributed by atoms with van der Waals surface area (Å²) in [6.45, 7) is 3.25. The van der Waals surface area contributed by atoms with E-state index in [2.05, 4.69) is 16.6 Å². The number of halogens is 3. The third-order valence-corrected chi connectivity index (χ3v) is 1.12. The minimum Gasteiger partial charge on any atom is -0.652 e. The molecule has 0 aromatic rings. The average molecular weight is 210 g/mol. The summed E-state index contributed by atoms with van der Waals surface area (Å²) in [7, 11) is 0. The number of hydrogen-bond acceptors (Lipinski definition) is 2. The number of alkyl halides is 3. The van der Waals surface area contributed by atoms with Crippen molar-refractivity contribution in [1.29, 1.82) is 0 Å². The zero-order valence-corrected chi connectivity index (χ0v) is 7.73. The van der Waals surface area contributed by atoms with Crippen LogP contribution in [-0.2, 0) is 9.53 Å². The molecule has 14 heavy (non-hydrogen) atoms. The van der Waals surface area contributed by atoms with Crippen LogP contribution in [0.3, 0.4) is 0 Å². The molecule has 0 N–H and O–H groups in total. The molecule has 0 saturated carbocycles. The third kappa shape index (κ3) is 7.60. The Hall–Kier alpha value is -1.04. The molecule has 0 aromatic heterocycles. The number of ether oxygens (including phenoxy) is 1. The van der Waals surface area contributed by atoms with Crippen molar-refractivity contribution in [2.45, 2.75) is 13.1 Å². The number of nitrogens with zero attached hydrogens (tertiary/aromatic N) is 1. The Morgan fingerprint density at radius 3 is 2.50 bits per heavy atom. The Kier molecular flexibility index (Phi) is 5.22. The van der Waals surface area contributed by atoms with Crippen LogP contribution in [0.15, 0.2) is 12.2 Å². The molecule has 0 rings (SSSR count). The molecule has 6 heteroatoms. The molecule has 0 spiro atoms. The number of carbonyl (C=O) groups excluding carboxylic acids is 1. The lowest BCUT2D eigenvalue weighted by Crippen LogP contribution is -2.16. The summed E-state index contributed by atoms with van der Waals surface area (Å²) in [6, 6.07) is 0. The molecule has 0 aliphatic heterocycles. The zero-order valence-electron chi connectivity index (χ0n) is 7.73. The van der Waals surface area contributed by atoms with Crippen LogP contribution in [0, 0.1) is 0 Å². The highest BCUT2D eigenvalue weighted by Gasteiger charge is 2.20. The summed E-state index contributed by atoms with van der Waals surface area (Å²) in [5, 5.41) is 3.14. The van der Waals surface area contributed by atoms with Crippen LogP contribution < -0.4 is 0 Å². The second-order valence-electron chi connectivity index (χ2n) is 2.64. The highest BCUT2D eigenvalue weighted by molar-refractivity contribution is 5.86. The summed E-state index contributed by atoms with van der Waals surface area (Å²) >= 11 is 0. The lowest BCUT2D eigenvalue weighted by atomic mass is 10.4. The van der Waals surface area contributed by atoms with Crippen LogP contribution in [0.2, 0.25) is 0 Å². The van der Waals surface area contributed by atoms with E-state index in [0.29, 0.717) is 0 Å². The first-order valence-corrected chi connectivity index (χ1v) is 3.85. The van der Waals surface area contributed by atoms with Crippen LogP contribution in [0.5, 0.6) is 0 Å². The standard InChI is InChI=1S/C8H11F3NO2/c1-6(2)7(13)14-4-3-12-5-8(9,10)11/h1,3-5H2,2H3/q-1. The first kappa shape index (κ1) is 13.0. The molecule has 0 heterocycles. The normalized spacial score (nSPS) is 11.1. The predicted molar refractivity (Wildman–Crippen MR) is 44.9 cm³/mol. The highest BCUT2D eigenvalue weighted by Crippen LogP contribution is 2.16. The van der Waals surface area contributed by atoms with Crippen molar-refractivity contribution in [2.24, 2.45) is 0 Å². The van der Waals surface area contributed by atoms with Gasteiger partial charge in [-0.2, -0.15) is 13.2 Å². The SMILES string of the molecule is C=C(C)C(=O)OCC[N-]CC(F)(F)F. The lowest BCUT2D eigenvalue weighted by molar-refractivity contribution is -0.138. The van der Waals surface area contributed by atoms with Gasteiger partial charge in [-0.05, 0) is 6.92 Å². The fourth-order valence-corrected chi connectivity index (χ4v) is 0.532. The second kappa shape index (κ2) is 5.64. The van der Waals surface area contributed by atoms with Gasteiger partial charge in [-0.25, -0.2) is 4.79 Å². The molecule has 82 valence electrons. The van der Waals surface area contributed by atoms with Crippen LogP contribution in [-0.4, -0.2) is 31.8 Å². The largest absolute Gasteiger partial charge is 0.652 e. The molecule has 0 saturated heterocycles. The van der Waals surface area contributed by atoms with Crippen LogP contribution in [0.25, 0.3) is 5.32 Å². The summed E-state index contributed by atoms with van der Waals surface area (Å²) in [5.74, 6) is -0.618. The monoisotopic (exact) mass is 210 g/mol. The van der Waals surface area contributed by atoms with Gasteiger partial charge in [0.15, 0.2) is 0 Å². The predicted octanol–water partition coefficient (Wildman–Crippen LogP) is 2.04. The Labute approximate surface area is 79.9 Å². The molecule has 0 atom stereocenters. The van der Waals surface area contributed by atoms with Gasteiger partial charge in [0.05, 0.1) is 6.61 Å². The van der Waals surface area contributed by atoms with Gasteiger partial charge in [0.1, 0.15) is 0 Å². The van der Waals surface area contributed by atoms with Gasteiger partial charge in [-0.3, -0.25) is 0 Å². The van der Waals surface area contributed by atoms with Crippen molar-refractivity contribution in [3.05, 3.63) is 17.5 Å². The van der Waals surface area contributed by atoms with Gasteiger partial charge >= 0.3 is 12.1 Å². The molecular weight excluding hydrogens is 199 g/mol. The molecule has 0 fully saturated rings. The van der Waals surface area contributed by atoms with Crippen LogP contribution >= 0.6 is 0 Å². The molecule has 0 amide bonds. The van der Waals surface area contributed by atoms with Crippen molar-refractivity contribution in [2.75, 3.05) is 19.7 Å². The van der Waals surface area contributed by atoms with E-state index in [4.69, 9.17) is 0 Å². The molecular formula is C8H11F3NO2-. The Morgan fingerprint density at radius 1 is 1.50 bits per heavy atom. The Balaban J connectivity index is 3.39. The van der Waals surface area contributed by atoms with Gasteiger partial charge in [0, 0.05) is 5.57 Å². The minimum absolute atomic E-state index is 0.151. The van der Waals surface area contributed by atoms with Crippen LogP contribution in [0.4, 0.5) is 13.2 Å². The molecule has 0 unspecified atom stereocenters. The van der Waals surface area contributed by atoms with E-state index in [1.165, 1.54) is 6.92 Å². The van der Waals surface area contributed by atoms with E-state index < -0.39 is 18.7 Å². The summed E-state index contributed by atoms with van der Waals surface area (Å²) in [5.41, 5.74) is 0.209. The molecule has 0 aromatic carbocycles. The number of hydrogen-bond donors (Lipinski definition) is 0. The van der Waals surface area contributed by atoms with Crippen molar-refractivity contribution >= 4 is 5.97 Å². The minimum atomic E-state index is -4.29. The summed E-state index contributed by atoms with van der Waals surface area (Å²) in [4.78, 5) is 10.7. The van der Waals surface area contributed by atoms with Crippen molar-refractivity contribution in [1.82, 2.24) is 0 Å². The number of rotatable bonds is 5. The van der Waals surface area contributed by atoms with E-state index in [9.17, 15) is 18.0 Å². The second-order valence-corrected chi connectivity index (χ2v) is 2.64. The highest BCUT2D eigenvalue weighted by atomic mass is 19.4. The average Bonchev–Trinajstić information content (AvgIpc) is 2.01. The maximum atomic E-state index is 11.6. The molecule has 0 radical (unpaired) electrons. The lowest BCUT2D eigenvalue weighted by Gasteiger charge is -2.20. The maximum absolute atomic E-state index is 11.6. The number of carbonyl (C=O) groups is 1. The topological polar surface area (TPSA) is 40.4 Å². The summed E-state index contributed by atoms with van der Waals surface area (Å²) in [6.07, 6.45) is -4.29. The van der Waals surface area contributed by atoms with Gasteiger partial charge in [-0.15, -0.1) is 6.54 Å². The Morgan fingerprint density at radius 2 is 2.07 bits per heavy atom. The van der Waals surface area contributed by atoms with Gasteiger partial charge < -0.3 is 10.1 Å². The van der Waals surface area contributed by atoms with E-state index in [0.717, 1.165) is 0 Å². The molecule has 3 nitrogen and oxygen atoms in total. The Bertz CT molecular complexity index is 213. The van der Waals surface area contributed by atoms with Gasteiger partial charge in [0.2, 0.25) is 0 Å². The van der Waals surface area contributed by atoms with Crippen molar-refractivity contribution in [3.8, 4) is 0 Å². The van der Waals surface area contributed by atoms with E-state index in [-0.39, 0.29) is 18.7 Å². The first-order chi connectivity index (χ1) is 6.33. The van der Waals surface area contributed by atoms with E-state index in [1.54, 1.807) is 0 Å². The smallest absolute Gasteiger partial charge is 0.371 e. The fourth-order valence-electron chi connectivity index (χ4n) is 0.532. The third-order valence-electron chi connectivity index (χ3n) is 1.12. The van der Waals surface area contributed by atoms with Crippen LogP contribution in [0.1, 0.15) is 6.92 Å². The van der Waals surface area contributed by atoms with Crippen molar-refractivity contribution in [3.63, 3.8) is 0 Å². The van der Waals surface area contributed by atoms with E-state index >= 15 is 0 Å². The quantitative estimate of drug-likeness (QED) is 0.396. The molecule has 0 bridgehead atoms. The first-order valence-electron chi connectivity index (χ1n) is 3.85. The van der Waals surface area contributed by atoms with E-state index in [1.807, 2.05) is 0 Å². The molecule has 0 aliphatic carbocycles. The maximum Gasteiger partial charge on any atom is 0.371 e. The fraction of sp³-hybridized carbons (Fsp3) is 0.625.